The van der Waals surface area contributed by atoms with Crippen molar-refractivity contribution in [3.05, 3.63) is 75.5 Å². The van der Waals surface area contributed by atoms with E-state index in [1.54, 1.807) is 12.1 Å². The van der Waals surface area contributed by atoms with Crippen LogP contribution in [0.4, 0.5) is 0 Å². The lowest BCUT2D eigenvalue weighted by atomic mass is 10.0. The van der Waals surface area contributed by atoms with Gasteiger partial charge in [-0.05, 0) is 36.6 Å². The average Bonchev–Trinajstić information content (AvgIpc) is 3.25. The van der Waals surface area contributed by atoms with Crippen molar-refractivity contribution in [2.45, 2.75) is 38.0 Å². The van der Waals surface area contributed by atoms with Crippen molar-refractivity contribution in [3.63, 3.8) is 0 Å². The quantitative estimate of drug-likeness (QED) is 0.346. The number of carbonyl (C=O) groups is 2. The minimum atomic E-state index is -0.418. The Morgan fingerprint density at radius 1 is 1.06 bits per heavy atom. The molecule has 1 heterocycles. The molecule has 7 nitrogen and oxygen atoms in total. The van der Waals surface area contributed by atoms with E-state index >= 15 is 0 Å². The Kier molecular flexibility index (Phi) is 8.77. The predicted molar refractivity (Wildman–Crippen MR) is 132 cm³/mol. The summed E-state index contributed by atoms with van der Waals surface area (Å²) in [5, 5.41) is 14.1. The summed E-state index contributed by atoms with van der Waals surface area (Å²) in [5.74, 6) is 0.252. The van der Waals surface area contributed by atoms with Gasteiger partial charge in [0.05, 0.1) is 28.4 Å². The van der Waals surface area contributed by atoms with Crippen LogP contribution in [0.3, 0.4) is 0 Å². The Morgan fingerprint density at radius 3 is 2.45 bits per heavy atom. The molecule has 2 atom stereocenters. The molecule has 0 unspecified atom stereocenters. The number of halogens is 2. The lowest BCUT2D eigenvalue weighted by Crippen LogP contribution is -2.32. The molecular formula is C23H25Cl2N5O2S. The largest absolute Gasteiger partial charge is 0.349 e. The lowest BCUT2D eigenvalue weighted by Gasteiger charge is -2.20. The molecule has 2 aromatic carbocycles. The maximum absolute atomic E-state index is 12.7. The van der Waals surface area contributed by atoms with Gasteiger partial charge in [-0.1, -0.05) is 79.1 Å². The number of rotatable bonds is 9. The molecule has 0 fully saturated rings. The van der Waals surface area contributed by atoms with Gasteiger partial charge in [-0.15, -0.1) is 5.10 Å². The molecule has 0 saturated carbocycles. The maximum atomic E-state index is 12.7. The van der Waals surface area contributed by atoms with E-state index in [-0.39, 0.29) is 34.5 Å². The van der Waals surface area contributed by atoms with Gasteiger partial charge in [-0.2, -0.15) is 0 Å². The summed E-state index contributed by atoms with van der Waals surface area (Å²) < 4.78 is 0. The molecule has 0 saturated heterocycles. The number of aromatic amines is 1. The molecule has 0 aliphatic heterocycles. The molecule has 174 valence electrons. The van der Waals surface area contributed by atoms with Crippen LogP contribution in [-0.4, -0.2) is 32.7 Å². The van der Waals surface area contributed by atoms with Gasteiger partial charge in [-0.3, -0.25) is 14.7 Å². The maximum Gasteiger partial charge on any atom is 0.253 e. The van der Waals surface area contributed by atoms with Gasteiger partial charge in [0.2, 0.25) is 11.1 Å². The van der Waals surface area contributed by atoms with Crippen molar-refractivity contribution in [2.75, 3.05) is 5.75 Å². The molecule has 3 N–H and O–H groups in total. The van der Waals surface area contributed by atoms with Crippen LogP contribution in [0.1, 0.15) is 54.6 Å². The van der Waals surface area contributed by atoms with Gasteiger partial charge in [0.15, 0.2) is 0 Å². The van der Waals surface area contributed by atoms with Crippen LogP contribution in [0.5, 0.6) is 0 Å². The molecule has 33 heavy (non-hydrogen) atoms. The van der Waals surface area contributed by atoms with Crippen molar-refractivity contribution >= 4 is 46.8 Å². The number of amides is 2. The number of H-pyrrole nitrogens is 1. The summed E-state index contributed by atoms with van der Waals surface area (Å²) in [5.41, 5.74) is 1.36. The Hall–Kier alpha value is -2.55. The van der Waals surface area contributed by atoms with Crippen LogP contribution in [0, 0.1) is 5.92 Å². The van der Waals surface area contributed by atoms with E-state index in [0.29, 0.717) is 21.6 Å². The number of carbonyl (C=O) groups excluding carboxylic acids is 2. The highest BCUT2D eigenvalue weighted by Crippen LogP contribution is 2.25. The van der Waals surface area contributed by atoms with Crippen LogP contribution >= 0.6 is 35.0 Å². The summed E-state index contributed by atoms with van der Waals surface area (Å²) >= 11 is 13.3. The average molecular weight is 506 g/mol. The fourth-order valence-corrected chi connectivity index (χ4v) is 4.25. The van der Waals surface area contributed by atoms with E-state index in [1.807, 2.05) is 51.1 Å². The molecule has 0 spiro atoms. The van der Waals surface area contributed by atoms with Crippen LogP contribution in [0.25, 0.3) is 0 Å². The van der Waals surface area contributed by atoms with Crippen molar-refractivity contribution in [3.8, 4) is 0 Å². The van der Waals surface area contributed by atoms with Crippen molar-refractivity contribution in [2.24, 2.45) is 5.92 Å². The van der Waals surface area contributed by atoms with Crippen molar-refractivity contribution < 1.29 is 9.59 Å². The third-order valence-corrected chi connectivity index (χ3v) is 6.31. The number of aromatic nitrogens is 3. The van der Waals surface area contributed by atoms with Gasteiger partial charge in [-0.25, -0.2) is 4.98 Å². The predicted octanol–water partition coefficient (Wildman–Crippen LogP) is 5.21. The molecule has 1 aromatic heterocycles. The minimum absolute atomic E-state index is 0.0286. The molecule has 3 rings (SSSR count). The fraction of sp³-hybridized carbons (Fsp3) is 0.304. The fourth-order valence-electron chi connectivity index (χ4n) is 3.14. The smallest absolute Gasteiger partial charge is 0.253 e. The second-order valence-electron chi connectivity index (χ2n) is 7.81. The van der Waals surface area contributed by atoms with Gasteiger partial charge in [0.25, 0.3) is 5.91 Å². The number of nitrogens with zero attached hydrogens (tertiary/aromatic N) is 2. The number of benzene rings is 2. The van der Waals surface area contributed by atoms with Gasteiger partial charge in [0.1, 0.15) is 5.82 Å². The molecule has 0 aliphatic rings. The molecule has 0 bridgehead atoms. The molecule has 10 heteroatoms. The van der Waals surface area contributed by atoms with Gasteiger partial charge in [0, 0.05) is 5.02 Å². The topological polar surface area (TPSA) is 99.8 Å². The Morgan fingerprint density at radius 2 is 1.79 bits per heavy atom. The van der Waals surface area contributed by atoms with Crippen LogP contribution in [0.2, 0.25) is 10.0 Å². The zero-order chi connectivity index (χ0) is 24.0. The normalized spacial score (nSPS) is 12.9. The zero-order valence-electron chi connectivity index (χ0n) is 18.4. The first-order valence-electron chi connectivity index (χ1n) is 10.4. The molecule has 2 amide bonds. The van der Waals surface area contributed by atoms with Crippen LogP contribution < -0.4 is 10.6 Å². The second kappa shape index (κ2) is 11.5. The molecule has 0 aliphatic carbocycles. The van der Waals surface area contributed by atoms with Gasteiger partial charge < -0.3 is 10.6 Å². The van der Waals surface area contributed by atoms with E-state index in [1.165, 1.54) is 17.8 Å². The van der Waals surface area contributed by atoms with E-state index < -0.39 is 6.04 Å². The third kappa shape index (κ3) is 6.96. The first-order chi connectivity index (χ1) is 15.7. The molecule has 0 radical (unpaired) electrons. The van der Waals surface area contributed by atoms with E-state index in [4.69, 9.17) is 23.2 Å². The summed E-state index contributed by atoms with van der Waals surface area (Å²) in [6.45, 7) is 5.86. The summed E-state index contributed by atoms with van der Waals surface area (Å²) in [7, 11) is 0. The van der Waals surface area contributed by atoms with Crippen LogP contribution in [-0.2, 0) is 4.79 Å². The highest BCUT2D eigenvalue weighted by atomic mass is 35.5. The van der Waals surface area contributed by atoms with Gasteiger partial charge >= 0.3 is 0 Å². The Bertz CT molecular complexity index is 1110. The third-order valence-electron chi connectivity index (χ3n) is 4.92. The minimum Gasteiger partial charge on any atom is -0.349 e. The molecular weight excluding hydrogens is 481 g/mol. The lowest BCUT2D eigenvalue weighted by molar-refractivity contribution is -0.119. The second-order valence-corrected chi connectivity index (χ2v) is 9.60. The van der Waals surface area contributed by atoms with E-state index in [2.05, 4.69) is 25.8 Å². The SMILES string of the molecule is CC(C)[C@@H](NC(=O)c1ccc(Cl)cc1Cl)c1nc(SCC(=O)N[C@@H](C)c2ccccc2)n[nH]1. The number of nitrogens with one attached hydrogen (secondary N) is 3. The highest BCUT2D eigenvalue weighted by Gasteiger charge is 2.24. The summed E-state index contributed by atoms with van der Waals surface area (Å²) in [6.07, 6.45) is 0. The summed E-state index contributed by atoms with van der Waals surface area (Å²) in [6, 6.07) is 13.9. The number of thioether (sulfide) groups is 1. The number of hydrogen-bond donors (Lipinski definition) is 3. The van der Waals surface area contributed by atoms with Crippen molar-refractivity contribution in [1.29, 1.82) is 0 Å². The summed E-state index contributed by atoms with van der Waals surface area (Å²) in [4.78, 5) is 29.6. The Labute approximate surface area is 207 Å². The van der Waals surface area contributed by atoms with Crippen molar-refractivity contribution in [1.82, 2.24) is 25.8 Å². The monoisotopic (exact) mass is 505 g/mol. The first-order valence-corrected chi connectivity index (χ1v) is 12.1. The van der Waals surface area contributed by atoms with Crippen LogP contribution in [0.15, 0.2) is 53.7 Å². The van der Waals surface area contributed by atoms with E-state index in [9.17, 15) is 9.59 Å². The van der Waals surface area contributed by atoms with E-state index in [0.717, 1.165) is 5.56 Å². The standard InChI is InChI=1S/C23H25Cl2N5O2S/c1-13(2)20(27-22(32)17-10-9-16(24)11-18(17)25)21-28-23(30-29-21)33-12-19(31)26-14(3)15-7-5-4-6-8-15/h4-11,13-14,20H,12H2,1-3H3,(H,26,31)(H,27,32)(H,28,29,30)/t14-,20+/m0/s1. The molecule has 3 aromatic rings. The zero-order valence-corrected chi connectivity index (χ0v) is 20.8. The Balaban J connectivity index is 1.59. The highest BCUT2D eigenvalue weighted by molar-refractivity contribution is 7.99. The number of hydrogen-bond acceptors (Lipinski definition) is 5. The first kappa shape index (κ1) is 25.1.